The largest absolute Gasteiger partial charge is 0.317 e. The Labute approximate surface area is 107 Å². The molecule has 0 aliphatic rings. The highest BCUT2D eigenvalue weighted by Gasteiger charge is 2.15. The van der Waals surface area contributed by atoms with Gasteiger partial charge in [0.2, 0.25) is 10.0 Å². The summed E-state index contributed by atoms with van der Waals surface area (Å²) < 4.78 is 26.2. The van der Waals surface area contributed by atoms with E-state index >= 15 is 0 Å². The SMILES string of the molecule is CCNCCCS(=O)(=O)NC(C)CC(C)CC. The first-order valence-electron chi connectivity index (χ1n) is 6.62. The van der Waals surface area contributed by atoms with Crippen molar-refractivity contribution in [3.05, 3.63) is 0 Å². The number of sulfonamides is 1. The Hall–Kier alpha value is -0.130. The monoisotopic (exact) mass is 264 g/mol. The van der Waals surface area contributed by atoms with Crippen LogP contribution in [0.15, 0.2) is 0 Å². The van der Waals surface area contributed by atoms with Gasteiger partial charge in [-0.1, -0.05) is 27.2 Å². The van der Waals surface area contributed by atoms with Gasteiger partial charge in [0.25, 0.3) is 0 Å². The zero-order valence-electron chi connectivity index (χ0n) is 11.6. The molecule has 0 aromatic carbocycles. The van der Waals surface area contributed by atoms with Crippen molar-refractivity contribution in [2.24, 2.45) is 5.92 Å². The van der Waals surface area contributed by atoms with E-state index in [0.717, 1.165) is 25.9 Å². The molecule has 2 unspecified atom stereocenters. The van der Waals surface area contributed by atoms with Crippen molar-refractivity contribution in [1.29, 1.82) is 0 Å². The minimum absolute atomic E-state index is 0.0362. The van der Waals surface area contributed by atoms with E-state index in [4.69, 9.17) is 0 Å². The van der Waals surface area contributed by atoms with Crippen LogP contribution in [0, 0.1) is 5.92 Å². The first-order chi connectivity index (χ1) is 7.91. The summed E-state index contributed by atoms with van der Waals surface area (Å²) >= 11 is 0. The molecule has 0 rings (SSSR count). The summed E-state index contributed by atoms with van der Waals surface area (Å²) in [6.07, 6.45) is 2.66. The molecule has 0 heterocycles. The van der Waals surface area contributed by atoms with Gasteiger partial charge in [-0.2, -0.15) is 0 Å². The third-order valence-electron chi connectivity index (χ3n) is 2.85. The molecule has 0 spiro atoms. The molecule has 2 atom stereocenters. The average molecular weight is 264 g/mol. The maximum atomic E-state index is 11.7. The Morgan fingerprint density at radius 1 is 1.18 bits per heavy atom. The van der Waals surface area contributed by atoms with Crippen molar-refractivity contribution < 1.29 is 8.42 Å². The lowest BCUT2D eigenvalue weighted by Crippen LogP contribution is -2.36. The topological polar surface area (TPSA) is 58.2 Å². The summed E-state index contributed by atoms with van der Waals surface area (Å²) in [7, 11) is -3.11. The fourth-order valence-electron chi connectivity index (χ4n) is 1.75. The molecule has 0 aromatic heterocycles. The Bertz CT molecular complexity index is 278. The second kappa shape index (κ2) is 8.89. The van der Waals surface area contributed by atoms with Gasteiger partial charge in [0.15, 0.2) is 0 Å². The zero-order chi connectivity index (χ0) is 13.3. The van der Waals surface area contributed by atoms with Crippen molar-refractivity contribution in [2.75, 3.05) is 18.8 Å². The van der Waals surface area contributed by atoms with Crippen LogP contribution in [0.3, 0.4) is 0 Å². The Morgan fingerprint density at radius 2 is 1.82 bits per heavy atom. The quantitative estimate of drug-likeness (QED) is 0.591. The van der Waals surface area contributed by atoms with Gasteiger partial charge in [-0.3, -0.25) is 0 Å². The van der Waals surface area contributed by atoms with E-state index in [0.29, 0.717) is 12.3 Å². The summed E-state index contributed by atoms with van der Waals surface area (Å²) in [5.41, 5.74) is 0. The van der Waals surface area contributed by atoms with Crippen molar-refractivity contribution in [1.82, 2.24) is 10.0 Å². The molecule has 0 saturated heterocycles. The van der Waals surface area contributed by atoms with Gasteiger partial charge in [0, 0.05) is 6.04 Å². The molecule has 0 aliphatic heterocycles. The molecule has 0 aromatic rings. The Balaban J connectivity index is 3.90. The molecule has 0 saturated carbocycles. The van der Waals surface area contributed by atoms with Gasteiger partial charge in [-0.15, -0.1) is 0 Å². The molecule has 0 aliphatic carbocycles. The third kappa shape index (κ3) is 9.56. The number of hydrogen-bond acceptors (Lipinski definition) is 3. The predicted molar refractivity (Wildman–Crippen MR) is 73.6 cm³/mol. The molecule has 0 fully saturated rings. The molecule has 4 nitrogen and oxygen atoms in total. The van der Waals surface area contributed by atoms with Crippen LogP contribution in [0.5, 0.6) is 0 Å². The van der Waals surface area contributed by atoms with Crippen LogP contribution in [0.25, 0.3) is 0 Å². The van der Waals surface area contributed by atoms with E-state index in [1.165, 1.54) is 0 Å². The zero-order valence-corrected chi connectivity index (χ0v) is 12.4. The molecule has 17 heavy (non-hydrogen) atoms. The summed E-state index contributed by atoms with van der Waals surface area (Å²) in [6.45, 7) is 9.88. The van der Waals surface area contributed by atoms with E-state index < -0.39 is 10.0 Å². The minimum atomic E-state index is -3.11. The van der Waals surface area contributed by atoms with Crippen LogP contribution in [0.1, 0.15) is 47.0 Å². The maximum absolute atomic E-state index is 11.7. The molecule has 0 bridgehead atoms. The molecular formula is C12H28N2O2S. The van der Waals surface area contributed by atoms with Gasteiger partial charge in [-0.25, -0.2) is 13.1 Å². The van der Waals surface area contributed by atoms with Gasteiger partial charge < -0.3 is 5.32 Å². The smallest absolute Gasteiger partial charge is 0.211 e. The van der Waals surface area contributed by atoms with Crippen LogP contribution >= 0.6 is 0 Å². The van der Waals surface area contributed by atoms with Crippen molar-refractivity contribution in [3.63, 3.8) is 0 Å². The number of nitrogens with one attached hydrogen (secondary N) is 2. The number of hydrogen-bond donors (Lipinski definition) is 2. The fourth-order valence-corrected chi connectivity index (χ4v) is 3.10. The van der Waals surface area contributed by atoms with Crippen molar-refractivity contribution in [3.8, 4) is 0 Å². The van der Waals surface area contributed by atoms with Crippen molar-refractivity contribution in [2.45, 2.75) is 53.0 Å². The van der Waals surface area contributed by atoms with E-state index in [1.807, 2.05) is 13.8 Å². The molecule has 104 valence electrons. The average Bonchev–Trinajstić information content (AvgIpc) is 2.23. The van der Waals surface area contributed by atoms with E-state index in [9.17, 15) is 8.42 Å². The highest BCUT2D eigenvalue weighted by molar-refractivity contribution is 7.89. The fraction of sp³-hybridized carbons (Fsp3) is 1.00. The molecule has 5 heteroatoms. The van der Waals surface area contributed by atoms with Crippen molar-refractivity contribution >= 4 is 10.0 Å². The molecule has 2 N–H and O–H groups in total. The summed E-state index contributed by atoms with van der Waals surface area (Å²) in [4.78, 5) is 0. The highest BCUT2D eigenvalue weighted by Crippen LogP contribution is 2.10. The Morgan fingerprint density at radius 3 is 2.35 bits per heavy atom. The summed E-state index contributed by atoms with van der Waals surface area (Å²) in [5, 5.41) is 3.12. The van der Waals surface area contributed by atoms with Gasteiger partial charge in [0.05, 0.1) is 5.75 Å². The maximum Gasteiger partial charge on any atom is 0.211 e. The lowest BCUT2D eigenvalue weighted by molar-refractivity contribution is 0.445. The minimum Gasteiger partial charge on any atom is -0.317 e. The molecule has 0 amide bonds. The summed E-state index contributed by atoms with van der Waals surface area (Å²) in [6, 6.07) is 0.0362. The molecule has 0 radical (unpaired) electrons. The highest BCUT2D eigenvalue weighted by atomic mass is 32.2. The Kier molecular flexibility index (Phi) is 8.82. The lowest BCUT2D eigenvalue weighted by Gasteiger charge is -2.17. The van der Waals surface area contributed by atoms with Gasteiger partial charge in [-0.05, 0) is 38.8 Å². The lowest BCUT2D eigenvalue weighted by atomic mass is 10.0. The van der Waals surface area contributed by atoms with E-state index in [2.05, 4.69) is 23.9 Å². The standard InChI is InChI=1S/C12H28N2O2S/c1-5-11(3)10-12(4)14-17(15,16)9-7-8-13-6-2/h11-14H,5-10H2,1-4H3. The van der Waals surface area contributed by atoms with E-state index in [-0.39, 0.29) is 11.8 Å². The van der Waals surface area contributed by atoms with Crippen LogP contribution in [-0.4, -0.2) is 33.3 Å². The first-order valence-corrected chi connectivity index (χ1v) is 8.27. The van der Waals surface area contributed by atoms with Crippen LogP contribution in [0.4, 0.5) is 0 Å². The second-order valence-corrected chi connectivity index (χ2v) is 6.67. The van der Waals surface area contributed by atoms with Gasteiger partial charge in [0.1, 0.15) is 0 Å². The second-order valence-electron chi connectivity index (χ2n) is 4.79. The van der Waals surface area contributed by atoms with Crippen LogP contribution in [-0.2, 0) is 10.0 Å². The summed E-state index contributed by atoms with van der Waals surface area (Å²) in [5.74, 6) is 0.777. The van der Waals surface area contributed by atoms with E-state index in [1.54, 1.807) is 0 Å². The third-order valence-corrected chi connectivity index (χ3v) is 4.44. The van der Waals surface area contributed by atoms with Crippen LogP contribution in [0.2, 0.25) is 0 Å². The first kappa shape index (κ1) is 16.9. The van der Waals surface area contributed by atoms with Gasteiger partial charge >= 0.3 is 0 Å². The van der Waals surface area contributed by atoms with Crippen LogP contribution < -0.4 is 10.0 Å². The molecular weight excluding hydrogens is 236 g/mol. The number of rotatable bonds is 10. The predicted octanol–water partition coefficient (Wildman–Crippen LogP) is 1.73. The normalized spacial score (nSPS) is 15.8.